The van der Waals surface area contributed by atoms with Gasteiger partial charge in [-0.25, -0.2) is 9.18 Å². The number of halogens is 1. The quantitative estimate of drug-likeness (QED) is 0.793. The summed E-state index contributed by atoms with van der Waals surface area (Å²) in [7, 11) is 1.45. The number of hydrogen-bond donors (Lipinski definition) is 0. The van der Waals surface area contributed by atoms with Gasteiger partial charge in [-0.15, -0.1) is 0 Å². The molecule has 0 N–H and O–H groups in total. The minimum Gasteiger partial charge on any atom is -0.494 e. The highest BCUT2D eigenvalue weighted by Gasteiger charge is 2.32. The summed E-state index contributed by atoms with van der Waals surface area (Å²) >= 11 is 0. The van der Waals surface area contributed by atoms with E-state index in [2.05, 4.69) is 0 Å². The molecular formula is C16H22FNO3. The summed E-state index contributed by atoms with van der Waals surface area (Å²) in [6, 6.07) is 3.20. The van der Waals surface area contributed by atoms with Crippen molar-refractivity contribution in [3.63, 3.8) is 0 Å². The molecule has 0 aliphatic carbocycles. The first-order valence-electron chi connectivity index (χ1n) is 7.09. The van der Waals surface area contributed by atoms with Gasteiger partial charge in [-0.1, -0.05) is 6.07 Å². The van der Waals surface area contributed by atoms with Crippen LogP contribution in [0.5, 0.6) is 5.75 Å². The van der Waals surface area contributed by atoms with Crippen LogP contribution in [0.3, 0.4) is 0 Å². The van der Waals surface area contributed by atoms with Crippen LogP contribution in [-0.2, 0) is 11.2 Å². The Kier molecular flexibility index (Phi) is 4.12. The van der Waals surface area contributed by atoms with Crippen molar-refractivity contribution >= 4 is 6.09 Å². The molecule has 5 heteroatoms. The third-order valence-electron chi connectivity index (χ3n) is 3.61. The first kappa shape index (κ1) is 15.6. The minimum absolute atomic E-state index is 0.219. The largest absolute Gasteiger partial charge is 0.494 e. The van der Waals surface area contributed by atoms with Crippen LogP contribution in [-0.4, -0.2) is 30.2 Å². The fourth-order valence-corrected chi connectivity index (χ4v) is 2.58. The van der Waals surface area contributed by atoms with Gasteiger partial charge in [-0.05, 0) is 51.3 Å². The van der Waals surface area contributed by atoms with E-state index < -0.39 is 5.60 Å². The van der Waals surface area contributed by atoms with Gasteiger partial charge in [0.2, 0.25) is 0 Å². The molecule has 1 aromatic rings. The number of hydrogen-bond acceptors (Lipinski definition) is 3. The molecule has 1 heterocycles. The van der Waals surface area contributed by atoms with E-state index in [1.807, 2.05) is 33.8 Å². The Morgan fingerprint density at radius 3 is 2.62 bits per heavy atom. The normalized spacial score (nSPS) is 18.2. The van der Waals surface area contributed by atoms with Gasteiger partial charge in [-0.2, -0.15) is 0 Å². The van der Waals surface area contributed by atoms with Crippen molar-refractivity contribution in [2.75, 3.05) is 13.7 Å². The highest BCUT2D eigenvalue weighted by molar-refractivity contribution is 5.69. The summed E-state index contributed by atoms with van der Waals surface area (Å²) in [6.07, 6.45) is 0.0963. The third-order valence-corrected chi connectivity index (χ3v) is 3.61. The van der Waals surface area contributed by atoms with Crippen molar-refractivity contribution in [2.24, 2.45) is 0 Å². The Morgan fingerprint density at radius 1 is 1.38 bits per heavy atom. The maximum Gasteiger partial charge on any atom is 0.410 e. The first-order chi connectivity index (χ1) is 9.74. The molecular weight excluding hydrogens is 273 g/mol. The predicted molar refractivity (Wildman–Crippen MR) is 78.0 cm³/mol. The lowest BCUT2D eigenvalue weighted by atomic mass is 9.93. The Hall–Kier alpha value is -1.78. The van der Waals surface area contributed by atoms with Gasteiger partial charge in [0.1, 0.15) is 5.60 Å². The lowest BCUT2D eigenvalue weighted by molar-refractivity contribution is 0.0158. The molecule has 1 aliphatic rings. The van der Waals surface area contributed by atoms with Crippen molar-refractivity contribution < 1.29 is 18.7 Å². The van der Waals surface area contributed by atoms with Gasteiger partial charge >= 0.3 is 6.09 Å². The molecule has 1 amide bonds. The van der Waals surface area contributed by atoms with E-state index in [9.17, 15) is 9.18 Å². The monoisotopic (exact) mass is 295 g/mol. The zero-order chi connectivity index (χ0) is 15.8. The fourth-order valence-electron chi connectivity index (χ4n) is 2.58. The second-order valence-corrected chi connectivity index (χ2v) is 6.25. The molecule has 21 heavy (non-hydrogen) atoms. The summed E-state index contributed by atoms with van der Waals surface area (Å²) < 4.78 is 24.7. The first-order valence-corrected chi connectivity index (χ1v) is 7.09. The van der Waals surface area contributed by atoms with E-state index in [0.717, 1.165) is 5.56 Å². The number of methoxy groups -OCH3 is 1. The van der Waals surface area contributed by atoms with Crippen molar-refractivity contribution in [3.05, 3.63) is 29.1 Å². The standard InChI is InChI=1S/C16H22FNO3/c1-10-11-6-7-13(20-5)14(17)12(11)8-9-18(10)15(19)21-16(2,3)4/h6-7,10H,8-9H2,1-5H3/t10-/m1/s1. The summed E-state index contributed by atoms with van der Waals surface area (Å²) in [6.45, 7) is 7.81. The van der Waals surface area contributed by atoms with Gasteiger partial charge in [0, 0.05) is 6.54 Å². The molecule has 1 atom stereocenters. The number of fused-ring (bicyclic) bond motifs is 1. The molecule has 0 fully saturated rings. The van der Waals surface area contributed by atoms with E-state index in [1.54, 1.807) is 11.0 Å². The summed E-state index contributed by atoms with van der Waals surface area (Å²) in [5.41, 5.74) is 0.898. The second kappa shape index (κ2) is 5.54. The predicted octanol–water partition coefficient (Wildman–Crippen LogP) is 3.69. The molecule has 2 rings (SSSR count). The van der Waals surface area contributed by atoms with Gasteiger partial charge in [0.05, 0.1) is 13.2 Å². The average molecular weight is 295 g/mol. The second-order valence-electron chi connectivity index (χ2n) is 6.25. The van der Waals surface area contributed by atoms with Crippen LogP contribution in [0, 0.1) is 5.82 Å². The maximum atomic E-state index is 14.3. The minimum atomic E-state index is -0.539. The topological polar surface area (TPSA) is 38.8 Å². The van der Waals surface area contributed by atoms with Crippen LogP contribution in [0.25, 0.3) is 0 Å². The number of amides is 1. The zero-order valence-electron chi connectivity index (χ0n) is 13.2. The summed E-state index contributed by atoms with van der Waals surface area (Å²) in [5, 5.41) is 0. The van der Waals surface area contributed by atoms with E-state index in [1.165, 1.54) is 7.11 Å². The van der Waals surface area contributed by atoms with Crippen LogP contribution in [0.4, 0.5) is 9.18 Å². The van der Waals surface area contributed by atoms with Crippen molar-refractivity contribution in [1.82, 2.24) is 4.90 Å². The highest BCUT2D eigenvalue weighted by atomic mass is 19.1. The molecule has 116 valence electrons. The summed E-state index contributed by atoms with van der Waals surface area (Å²) in [5.74, 6) is -0.0858. The number of rotatable bonds is 1. The fraction of sp³-hybridized carbons (Fsp3) is 0.562. The molecule has 0 unspecified atom stereocenters. The molecule has 1 aliphatic heterocycles. The molecule has 4 nitrogen and oxygen atoms in total. The smallest absolute Gasteiger partial charge is 0.410 e. The van der Waals surface area contributed by atoms with Crippen LogP contribution >= 0.6 is 0 Å². The highest BCUT2D eigenvalue weighted by Crippen LogP contribution is 2.35. The van der Waals surface area contributed by atoms with E-state index >= 15 is 0 Å². The van der Waals surface area contributed by atoms with Crippen LogP contribution < -0.4 is 4.74 Å². The third kappa shape index (κ3) is 3.12. The molecule has 0 saturated carbocycles. The molecule has 0 spiro atoms. The Balaban J connectivity index is 2.27. The van der Waals surface area contributed by atoms with Crippen molar-refractivity contribution in [1.29, 1.82) is 0 Å². The zero-order valence-corrected chi connectivity index (χ0v) is 13.2. The average Bonchev–Trinajstić information content (AvgIpc) is 2.38. The SMILES string of the molecule is COc1ccc2c(c1F)CCN(C(=O)OC(C)(C)C)[C@@H]2C. The van der Waals surface area contributed by atoms with Crippen molar-refractivity contribution in [2.45, 2.75) is 45.8 Å². The lowest BCUT2D eigenvalue weighted by Crippen LogP contribution is -2.42. The number of ether oxygens (including phenoxy) is 2. The van der Waals surface area contributed by atoms with E-state index in [-0.39, 0.29) is 23.7 Å². The molecule has 0 radical (unpaired) electrons. The van der Waals surface area contributed by atoms with E-state index in [0.29, 0.717) is 18.5 Å². The lowest BCUT2D eigenvalue weighted by Gasteiger charge is -2.36. The van der Waals surface area contributed by atoms with Crippen molar-refractivity contribution in [3.8, 4) is 5.75 Å². The van der Waals surface area contributed by atoms with Gasteiger partial charge in [-0.3, -0.25) is 0 Å². The molecule has 0 saturated heterocycles. The van der Waals surface area contributed by atoms with Gasteiger partial charge < -0.3 is 14.4 Å². The van der Waals surface area contributed by atoms with Gasteiger partial charge in [0.25, 0.3) is 0 Å². The van der Waals surface area contributed by atoms with Crippen LogP contribution in [0.2, 0.25) is 0 Å². The van der Waals surface area contributed by atoms with Crippen LogP contribution in [0.15, 0.2) is 12.1 Å². The maximum absolute atomic E-state index is 14.3. The molecule has 0 bridgehead atoms. The number of nitrogens with zero attached hydrogens (tertiary/aromatic N) is 1. The number of benzene rings is 1. The van der Waals surface area contributed by atoms with Crippen LogP contribution in [0.1, 0.15) is 44.9 Å². The van der Waals surface area contributed by atoms with E-state index in [4.69, 9.17) is 9.47 Å². The molecule has 0 aromatic heterocycles. The Bertz CT molecular complexity index is 551. The number of carbonyl (C=O) groups excluding carboxylic acids is 1. The Labute approximate surface area is 124 Å². The van der Waals surface area contributed by atoms with Gasteiger partial charge in [0.15, 0.2) is 11.6 Å². The Morgan fingerprint density at radius 2 is 2.05 bits per heavy atom. The molecule has 1 aromatic carbocycles. The number of carbonyl (C=O) groups is 1. The summed E-state index contributed by atoms with van der Waals surface area (Å²) in [4.78, 5) is 13.9.